The molecule has 0 aliphatic carbocycles. The van der Waals surface area contributed by atoms with Gasteiger partial charge in [0.15, 0.2) is 0 Å². The van der Waals surface area contributed by atoms with Crippen molar-refractivity contribution in [2.75, 3.05) is 0 Å². The van der Waals surface area contributed by atoms with Crippen LogP contribution < -0.4 is 0 Å². The van der Waals surface area contributed by atoms with Crippen molar-refractivity contribution in [1.82, 2.24) is 14.5 Å². The zero-order valence-corrected chi connectivity index (χ0v) is 37.8. The van der Waals surface area contributed by atoms with Crippen LogP contribution >= 0.6 is 0 Å². The minimum Gasteiger partial charge on any atom is -0.507 e. The Bertz CT molecular complexity index is 3220. The molecular formula is C55H54N3OPt-. The Kier molecular flexibility index (Phi) is 8.92. The summed E-state index contributed by atoms with van der Waals surface area (Å²) < 4.78 is 70.2. The molecule has 0 spiro atoms. The van der Waals surface area contributed by atoms with E-state index in [0.29, 0.717) is 56.1 Å². The fourth-order valence-electron chi connectivity index (χ4n) is 7.52. The average Bonchev–Trinajstić information content (AvgIpc) is 3.66. The third kappa shape index (κ3) is 8.28. The minimum absolute atomic E-state index is 0. The van der Waals surface area contributed by atoms with E-state index in [1.54, 1.807) is 24.4 Å². The summed E-state index contributed by atoms with van der Waals surface area (Å²) in [6.45, 7) is 16.4. The van der Waals surface area contributed by atoms with E-state index in [1.165, 1.54) is 0 Å². The molecule has 8 rings (SSSR count). The van der Waals surface area contributed by atoms with Gasteiger partial charge in [0.2, 0.25) is 0 Å². The summed E-state index contributed by atoms with van der Waals surface area (Å²) in [6.07, 6.45) is 1.57. The number of rotatable bonds is 6. The number of imidazole rings is 1. The minimum atomic E-state index is -2.47. The third-order valence-electron chi connectivity index (χ3n) is 10.9. The number of phenols is 1. The monoisotopic (exact) mass is 975 g/mol. The van der Waals surface area contributed by atoms with Gasteiger partial charge in [0.05, 0.1) is 23.5 Å². The van der Waals surface area contributed by atoms with Crippen molar-refractivity contribution in [3.8, 4) is 67.5 Å². The number of para-hydroxylation sites is 1. The van der Waals surface area contributed by atoms with Crippen molar-refractivity contribution in [2.24, 2.45) is 0 Å². The summed E-state index contributed by atoms with van der Waals surface area (Å²) in [7, 11) is 0. The zero-order valence-electron chi connectivity index (χ0n) is 43.5. The molecule has 0 saturated heterocycles. The van der Waals surface area contributed by atoms with Gasteiger partial charge in [-0.15, -0.1) is 29.3 Å². The van der Waals surface area contributed by atoms with Crippen LogP contribution in [0, 0.1) is 12.9 Å². The Balaban J connectivity index is 0.00000684. The van der Waals surface area contributed by atoms with Crippen LogP contribution in [-0.2, 0) is 37.3 Å². The maximum atomic E-state index is 12.4. The first-order valence-corrected chi connectivity index (χ1v) is 20.0. The SMILES string of the molecule is [2H]c1c([2H])c([2H])c(-c2ccnc(-c3[c-]c(-c4cccc5c4nc(-c4cc(C(C)(C)C)cc(C(C)(C)C)c4O)n5-c4ccc(-c5ccccc5)c(C([2H])([2H])[2H])c4)cc(C(C)(C)C)c3)c2)c([2H])c1[2H].[Pt]. The molecule has 0 fully saturated rings. The van der Waals surface area contributed by atoms with E-state index in [0.717, 1.165) is 27.8 Å². The second-order valence-corrected chi connectivity index (χ2v) is 18.3. The molecule has 0 amide bonds. The van der Waals surface area contributed by atoms with Crippen LogP contribution in [0.2, 0.25) is 0 Å². The molecule has 4 nitrogen and oxygen atoms in total. The van der Waals surface area contributed by atoms with Gasteiger partial charge in [-0.3, -0.25) is 9.55 Å². The number of fused-ring (bicyclic) bond motifs is 1. The molecule has 60 heavy (non-hydrogen) atoms. The molecule has 0 unspecified atom stereocenters. The third-order valence-corrected chi connectivity index (χ3v) is 10.9. The van der Waals surface area contributed by atoms with Crippen molar-refractivity contribution >= 4 is 11.0 Å². The van der Waals surface area contributed by atoms with E-state index in [2.05, 4.69) is 80.5 Å². The van der Waals surface area contributed by atoms with Gasteiger partial charge in [-0.1, -0.05) is 164 Å². The van der Waals surface area contributed by atoms with Crippen LogP contribution in [0.25, 0.3) is 72.7 Å². The number of hydrogen-bond donors (Lipinski definition) is 1. The molecular weight excluding hydrogens is 914 g/mol. The van der Waals surface area contributed by atoms with Crippen LogP contribution in [0.1, 0.15) is 95.5 Å². The largest absolute Gasteiger partial charge is 0.507 e. The fraction of sp³-hybridized carbons (Fsp3) is 0.236. The van der Waals surface area contributed by atoms with Crippen LogP contribution in [0.15, 0.2) is 140 Å². The van der Waals surface area contributed by atoms with E-state index in [9.17, 15) is 5.11 Å². The standard InChI is InChI=1S/C55H54N3O.Pt/c1-35-28-43(24-25-44(35)37-20-15-12-16-21-37)58-49-23-17-22-45(50(49)57-52(58)46-33-42(54(5,6)7)34-47(51(46)59)55(8,9)10)39-29-40(31-41(30-39)53(2,3)4)48-32-38(26-27-56-48)36-18-13-11-14-19-36;/h11-28,30-34,59H,1-10H3;/q-1;/i1D3,11D,13D,14D,18D,19D;. The molecule has 2 heterocycles. The van der Waals surface area contributed by atoms with Crippen molar-refractivity contribution in [1.29, 1.82) is 0 Å². The van der Waals surface area contributed by atoms with Crippen molar-refractivity contribution in [3.05, 3.63) is 168 Å². The van der Waals surface area contributed by atoms with Gasteiger partial charge in [-0.2, -0.15) is 0 Å². The molecule has 2 aromatic heterocycles. The number of aryl methyl sites for hydroxylation is 1. The number of pyridine rings is 1. The molecule has 0 saturated carbocycles. The Labute approximate surface area is 381 Å². The number of aromatic nitrogens is 3. The van der Waals surface area contributed by atoms with Gasteiger partial charge in [-0.05, 0) is 86.8 Å². The second kappa shape index (κ2) is 16.1. The van der Waals surface area contributed by atoms with E-state index < -0.39 is 30.4 Å². The predicted molar refractivity (Wildman–Crippen MR) is 247 cm³/mol. The van der Waals surface area contributed by atoms with Gasteiger partial charge in [0.1, 0.15) is 11.6 Å². The van der Waals surface area contributed by atoms with Crippen LogP contribution in [0.3, 0.4) is 0 Å². The maximum absolute atomic E-state index is 12.4. The summed E-state index contributed by atoms with van der Waals surface area (Å²) >= 11 is 0. The molecule has 5 heteroatoms. The van der Waals surface area contributed by atoms with Gasteiger partial charge in [0.25, 0.3) is 0 Å². The summed E-state index contributed by atoms with van der Waals surface area (Å²) in [6, 6.07) is 34.0. The van der Waals surface area contributed by atoms with Crippen molar-refractivity contribution < 1.29 is 37.1 Å². The fourth-order valence-corrected chi connectivity index (χ4v) is 7.52. The van der Waals surface area contributed by atoms with E-state index in [4.69, 9.17) is 20.9 Å². The zero-order chi connectivity index (χ0) is 48.7. The normalized spacial score (nSPS) is 14.2. The summed E-state index contributed by atoms with van der Waals surface area (Å²) in [4.78, 5) is 10.2. The number of phenolic OH excluding ortho intramolecular Hbond substituents is 1. The maximum Gasteiger partial charge on any atom is 0.148 e. The average molecular weight is 976 g/mol. The van der Waals surface area contributed by atoms with E-state index in [1.807, 2.05) is 77.4 Å². The van der Waals surface area contributed by atoms with Crippen LogP contribution in [0.4, 0.5) is 0 Å². The predicted octanol–water partition coefficient (Wildman–Crippen LogP) is 14.5. The molecule has 0 atom stereocenters. The molecule has 306 valence electrons. The van der Waals surface area contributed by atoms with Gasteiger partial charge >= 0.3 is 0 Å². The Morgan fingerprint density at radius 1 is 0.633 bits per heavy atom. The molecule has 0 aliphatic heterocycles. The topological polar surface area (TPSA) is 50.9 Å². The Hall–Kier alpha value is -5.57. The summed E-state index contributed by atoms with van der Waals surface area (Å²) in [5.74, 6) is 0.518. The molecule has 0 bridgehead atoms. The van der Waals surface area contributed by atoms with Crippen molar-refractivity contribution in [2.45, 2.75) is 85.4 Å². The van der Waals surface area contributed by atoms with Crippen LogP contribution in [-0.4, -0.2) is 19.6 Å². The molecule has 8 aromatic rings. The van der Waals surface area contributed by atoms with Gasteiger partial charge in [-0.25, -0.2) is 4.98 Å². The first-order valence-electron chi connectivity index (χ1n) is 24.0. The number of benzene rings is 6. The van der Waals surface area contributed by atoms with Crippen molar-refractivity contribution in [3.63, 3.8) is 0 Å². The van der Waals surface area contributed by atoms with Crippen LogP contribution in [0.5, 0.6) is 5.75 Å². The number of hydrogen-bond acceptors (Lipinski definition) is 3. The van der Waals surface area contributed by atoms with E-state index in [-0.39, 0.29) is 60.9 Å². The summed E-state index contributed by atoms with van der Waals surface area (Å²) in [5, 5.41) is 12.4. The first kappa shape index (κ1) is 33.2. The van der Waals surface area contributed by atoms with E-state index >= 15 is 0 Å². The van der Waals surface area contributed by atoms with Gasteiger partial charge in [0, 0.05) is 48.3 Å². The number of nitrogens with zero attached hydrogens (tertiary/aromatic N) is 3. The first-order chi connectivity index (χ1) is 31.3. The Morgan fingerprint density at radius 2 is 1.33 bits per heavy atom. The Morgan fingerprint density at radius 3 is 2.02 bits per heavy atom. The molecule has 6 aromatic carbocycles. The number of aromatic hydroxyl groups is 1. The molecule has 1 N–H and O–H groups in total. The smallest absolute Gasteiger partial charge is 0.148 e. The summed E-state index contributed by atoms with van der Waals surface area (Å²) in [5.41, 5.74) is 8.54. The quantitative estimate of drug-likeness (QED) is 0.169. The second-order valence-electron chi connectivity index (χ2n) is 18.3. The molecule has 0 aliphatic rings. The van der Waals surface area contributed by atoms with Gasteiger partial charge < -0.3 is 5.11 Å². The molecule has 0 radical (unpaired) electrons.